The van der Waals surface area contributed by atoms with Crippen molar-refractivity contribution in [2.75, 3.05) is 0 Å². The molecule has 0 saturated carbocycles. The summed E-state index contributed by atoms with van der Waals surface area (Å²) in [5.41, 5.74) is 3.76. The van der Waals surface area contributed by atoms with Crippen molar-refractivity contribution in [2.45, 2.75) is 46.1 Å². The van der Waals surface area contributed by atoms with Crippen LogP contribution in [-0.4, -0.2) is 17.4 Å². The average molecular weight is 295 g/mol. The van der Waals surface area contributed by atoms with Crippen molar-refractivity contribution in [1.82, 2.24) is 0 Å². The molecule has 0 amide bonds. The van der Waals surface area contributed by atoms with Gasteiger partial charge in [0.25, 0.3) is 0 Å². The SMILES string of the molecule is Cc1cc(C=NC(C)C)c(O)c(C(C)(C)c2ccccc2)c1. The zero-order chi connectivity index (χ0) is 16.3. The molecule has 2 rings (SSSR count). The molecule has 0 atom stereocenters. The molecular weight excluding hydrogens is 270 g/mol. The molecule has 0 aliphatic heterocycles. The van der Waals surface area contributed by atoms with Crippen LogP contribution in [-0.2, 0) is 5.41 Å². The van der Waals surface area contributed by atoms with Crippen LogP contribution in [0.1, 0.15) is 49.9 Å². The summed E-state index contributed by atoms with van der Waals surface area (Å²) in [5, 5.41) is 10.7. The Morgan fingerprint density at radius 2 is 1.73 bits per heavy atom. The molecule has 0 saturated heterocycles. The maximum atomic E-state index is 10.7. The smallest absolute Gasteiger partial charge is 0.128 e. The third-order valence-corrected chi connectivity index (χ3v) is 3.96. The lowest BCUT2D eigenvalue weighted by molar-refractivity contribution is 0.452. The Labute approximate surface area is 133 Å². The summed E-state index contributed by atoms with van der Waals surface area (Å²) in [7, 11) is 0. The Morgan fingerprint density at radius 3 is 2.32 bits per heavy atom. The van der Waals surface area contributed by atoms with Crippen LogP contribution in [0.5, 0.6) is 5.75 Å². The standard InChI is InChI=1S/C20H25NO/c1-14(2)21-13-16-11-15(3)12-18(19(16)22)20(4,5)17-9-7-6-8-10-17/h6-14,22H,1-5H3. The first kappa shape index (κ1) is 16.3. The second-order valence-electron chi connectivity index (χ2n) is 6.61. The topological polar surface area (TPSA) is 32.6 Å². The van der Waals surface area contributed by atoms with Gasteiger partial charge in [0.1, 0.15) is 5.75 Å². The van der Waals surface area contributed by atoms with Crippen LogP contribution in [0.25, 0.3) is 0 Å². The van der Waals surface area contributed by atoms with Gasteiger partial charge in [-0.1, -0.05) is 50.2 Å². The van der Waals surface area contributed by atoms with Gasteiger partial charge in [-0.3, -0.25) is 4.99 Å². The summed E-state index contributed by atoms with van der Waals surface area (Å²) in [5.74, 6) is 0.323. The number of aromatic hydroxyl groups is 1. The monoisotopic (exact) mass is 295 g/mol. The Morgan fingerprint density at radius 1 is 1.09 bits per heavy atom. The van der Waals surface area contributed by atoms with Crippen molar-refractivity contribution in [3.63, 3.8) is 0 Å². The van der Waals surface area contributed by atoms with Crippen LogP contribution in [0.3, 0.4) is 0 Å². The summed E-state index contributed by atoms with van der Waals surface area (Å²) in [6, 6.07) is 14.5. The van der Waals surface area contributed by atoms with Gasteiger partial charge in [-0.25, -0.2) is 0 Å². The van der Waals surface area contributed by atoms with E-state index < -0.39 is 0 Å². The number of aryl methyl sites for hydroxylation is 1. The van der Waals surface area contributed by atoms with Crippen LogP contribution in [0, 0.1) is 6.92 Å². The van der Waals surface area contributed by atoms with Gasteiger partial charge in [-0.2, -0.15) is 0 Å². The minimum atomic E-state index is -0.266. The van der Waals surface area contributed by atoms with Crippen molar-refractivity contribution < 1.29 is 5.11 Å². The minimum Gasteiger partial charge on any atom is -0.507 e. The van der Waals surface area contributed by atoms with Crippen molar-refractivity contribution in [1.29, 1.82) is 0 Å². The maximum absolute atomic E-state index is 10.7. The summed E-state index contributed by atoms with van der Waals surface area (Å²) in [6.07, 6.45) is 1.78. The molecule has 2 nitrogen and oxygen atoms in total. The molecule has 0 spiro atoms. The lowest BCUT2D eigenvalue weighted by Gasteiger charge is -2.28. The van der Waals surface area contributed by atoms with E-state index >= 15 is 0 Å². The molecule has 0 bridgehead atoms. The second-order valence-corrected chi connectivity index (χ2v) is 6.61. The summed E-state index contributed by atoms with van der Waals surface area (Å²) >= 11 is 0. The van der Waals surface area contributed by atoms with E-state index in [1.54, 1.807) is 6.21 Å². The van der Waals surface area contributed by atoms with Crippen LogP contribution in [0.2, 0.25) is 0 Å². The molecule has 0 radical (unpaired) electrons. The highest BCUT2D eigenvalue weighted by Crippen LogP contribution is 2.38. The Kier molecular flexibility index (Phi) is 4.70. The predicted octanol–water partition coefficient (Wildman–Crippen LogP) is 4.85. The number of benzene rings is 2. The molecule has 2 aromatic carbocycles. The van der Waals surface area contributed by atoms with Gasteiger partial charge in [0.05, 0.1) is 0 Å². The largest absolute Gasteiger partial charge is 0.507 e. The molecule has 22 heavy (non-hydrogen) atoms. The van der Waals surface area contributed by atoms with Crippen LogP contribution in [0.4, 0.5) is 0 Å². The summed E-state index contributed by atoms with van der Waals surface area (Å²) in [4.78, 5) is 4.41. The first-order valence-electron chi connectivity index (χ1n) is 7.75. The van der Waals surface area contributed by atoms with Crippen molar-refractivity contribution >= 4 is 6.21 Å². The number of phenols is 1. The fraction of sp³-hybridized carbons (Fsp3) is 0.350. The molecule has 116 valence electrons. The number of hydrogen-bond donors (Lipinski definition) is 1. The van der Waals surface area contributed by atoms with E-state index in [0.717, 1.165) is 16.7 Å². The fourth-order valence-corrected chi connectivity index (χ4v) is 2.62. The Hall–Kier alpha value is -2.09. The summed E-state index contributed by atoms with van der Waals surface area (Å²) < 4.78 is 0. The highest BCUT2D eigenvalue weighted by molar-refractivity contribution is 5.85. The maximum Gasteiger partial charge on any atom is 0.128 e. The molecule has 2 aromatic rings. The lowest BCUT2D eigenvalue weighted by Crippen LogP contribution is -2.19. The van der Waals surface area contributed by atoms with E-state index in [1.807, 2.05) is 38.1 Å². The van der Waals surface area contributed by atoms with Crippen LogP contribution < -0.4 is 0 Å². The molecule has 0 aliphatic carbocycles. The molecule has 0 unspecified atom stereocenters. The number of rotatable bonds is 4. The van der Waals surface area contributed by atoms with Crippen LogP contribution in [0.15, 0.2) is 47.5 Å². The zero-order valence-electron chi connectivity index (χ0n) is 14.1. The average Bonchev–Trinajstić information content (AvgIpc) is 2.48. The molecule has 0 aromatic heterocycles. The number of hydrogen-bond acceptors (Lipinski definition) is 2. The first-order chi connectivity index (χ1) is 10.3. The lowest BCUT2D eigenvalue weighted by atomic mass is 9.76. The van der Waals surface area contributed by atoms with Gasteiger partial charge in [0.2, 0.25) is 0 Å². The highest BCUT2D eigenvalue weighted by Gasteiger charge is 2.27. The molecular formula is C20H25NO. The fourth-order valence-electron chi connectivity index (χ4n) is 2.62. The quantitative estimate of drug-likeness (QED) is 0.803. The third-order valence-electron chi connectivity index (χ3n) is 3.96. The van der Waals surface area contributed by atoms with E-state index in [-0.39, 0.29) is 11.5 Å². The summed E-state index contributed by atoms with van der Waals surface area (Å²) in [6.45, 7) is 10.4. The minimum absolute atomic E-state index is 0.213. The van der Waals surface area contributed by atoms with E-state index in [9.17, 15) is 5.11 Å². The molecule has 0 aliphatic rings. The highest BCUT2D eigenvalue weighted by atomic mass is 16.3. The van der Waals surface area contributed by atoms with Gasteiger partial charge >= 0.3 is 0 Å². The predicted molar refractivity (Wildman–Crippen MR) is 94.1 cm³/mol. The molecule has 2 heteroatoms. The number of phenolic OH excluding ortho intramolecular Hbond substituents is 1. The van der Waals surface area contributed by atoms with E-state index in [0.29, 0.717) is 5.75 Å². The van der Waals surface area contributed by atoms with E-state index in [2.05, 4.69) is 44.0 Å². The number of aliphatic imine (C=N–C) groups is 1. The van der Waals surface area contributed by atoms with E-state index in [1.165, 1.54) is 5.56 Å². The Balaban J connectivity index is 2.56. The van der Waals surface area contributed by atoms with Gasteiger partial charge in [0.15, 0.2) is 0 Å². The van der Waals surface area contributed by atoms with Crippen molar-refractivity contribution in [3.8, 4) is 5.75 Å². The van der Waals surface area contributed by atoms with Gasteiger partial charge in [-0.05, 0) is 38.0 Å². The van der Waals surface area contributed by atoms with E-state index in [4.69, 9.17) is 0 Å². The van der Waals surface area contributed by atoms with Crippen molar-refractivity contribution in [2.24, 2.45) is 4.99 Å². The van der Waals surface area contributed by atoms with Crippen molar-refractivity contribution in [3.05, 3.63) is 64.7 Å². The molecule has 1 N–H and O–H groups in total. The second kappa shape index (κ2) is 6.35. The zero-order valence-corrected chi connectivity index (χ0v) is 14.1. The van der Waals surface area contributed by atoms with Gasteiger partial charge < -0.3 is 5.11 Å². The van der Waals surface area contributed by atoms with Crippen LogP contribution >= 0.6 is 0 Å². The molecule has 0 heterocycles. The van der Waals surface area contributed by atoms with Gasteiger partial charge in [0, 0.05) is 28.8 Å². The third kappa shape index (κ3) is 3.38. The number of nitrogens with zero attached hydrogens (tertiary/aromatic N) is 1. The Bertz CT molecular complexity index is 670. The first-order valence-corrected chi connectivity index (χ1v) is 7.75. The van der Waals surface area contributed by atoms with Gasteiger partial charge in [-0.15, -0.1) is 0 Å². The normalized spacial score (nSPS) is 12.3. The molecule has 0 fully saturated rings.